The van der Waals surface area contributed by atoms with E-state index < -0.39 is 6.04 Å². The number of fused-ring (bicyclic) bond motifs is 1. The average Bonchev–Trinajstić information content (AvgIpc) is 2.75. The van der Waals surface area contributed by atoms with Crippen LogP contribution in [0.25, 0.3) is 10.9 Å². The number of aryl methyl sites for hydroxylation is 2. The van der Waals surface area contributed by atoms with Crippen molar-refractivity contribution in [3.8, 4) is 6.07 Å². The normalized spacial score (nSPS) is 15.7. The van der Waals surface area contributed by atoms with Gasteiger partial charge in [0.1, 0.15) is 11.9 Å². The molecule has 0 radical (unpaired) electrons. The molecule has 2 heterocycles. The maximum absolute atomic E-state index is 13.2. The van der Waals surface area contributed by atoms with Crippen LogP contribution in [0.15, 0.2) is 48.5 Å². The highest BCUT2D eigenvalue weighted by Crippen LogP contribution is 2.24. The van der Waals surface area contributed by atoms with Crippen molar-refractivity contribution < 1.29 is 9.18 Å². The van der Waals surface area contributed by atoms with E-state index in [1.165, 1.54) is 12.1 Å². The molecule has 1 atom stereocenters. The van der Waals surface area contributed by atoms with E-state index in [9.17, 15) is 14.4 Å². The van der Waals surface area contributed by atoms with Gasteiger partial charge < -0.3 is 4.90 Å². The number of nitriles is 1. The largest absolute Gasteiger partial charge is 0.336 e. The molecule has 1 aromatic heterocycles. The minimum absolute atomic E-state index is 0.0293. The smallest absolute Gasteiger partial charge is 0.255 e. The Balaban J connectivity index is 1.49. The van der Waals surface area contributed by atoms with Crippen LogP contribution in [-0.2, 0) is 0 Å². The summed E-state index contributed by atoms with van der Waals surface area (Å²) in [6, 6.07) is 15.8. The third kappa shape index (κ3) is 3.89. The summed E-state index contributed by atoms with van der Waals surface area (Å²) in [6.07, 6.45) is 0. The number of nitrogens with zero attached hydrogens (tertiary/aromatic N) is 4. The highest BCUT2D eigenvalue weighted by atomic mass is 19.1. The molecule has 0 saturated carbocycles. The molecule has 30 heavy (non-hydrogen) atoms. The Morgan fingerprint density at radius 3 is 2.43 bits per heavy atom. The van der Waals surface area contributed by atoms with Crippen LogP contribution in [0, 0.1) is 31.0 Å². The molecule has 1 fully saturated rings. The Morgan fingerprint density at radius 2 is 1.77 bits per heavy atom. The summed E-state index contributed by atoms with van der Waals surface area (Å²) >= 11 is 0. The molecule has 3 aromatic rings. The summed E-state index contributed by atoms with van der Waals surface area (Å²) in [5, 5.41) is 10.6. The maximum atomic E-state index is 13.2. The summed E-state index contributed by atoms with van der Waals surface area (Å²) < 4.78 is 13.2. The minimum Gasteiger partial charge on any atom is -0.336 e. The van der Waals surface area contributed by atoms with Crippen LogP contribution in [0.3, 0.4) is 0 Å². The first-order valence-electron chi connectivity index (χ1n) is 10.0. The van der Waals surface area contributed by atoms with E-state index in [0.29, 0.717) is 31.7 Å². The molecule has 1 aliphatic heterocycles. The predicted molar refractivity (Wildman–Crippen MR) is 113 cm³/mol. The van der Waals surface area contributed by atoms with Crippen molar-refractivity contribution >= 4 is 16.8 Å². The second-order valence-electron chi connectivity index (χ2n) is 7.73. The molecule has 4 rings (SSSR count). The third-order valence-corrected chi connectivity index (χ3v) is 5.67. The zero-order chi connectivity index (χ0) is 21.3. The molecule has 0 N–H and O–H groups in total. The van der Waals surface area contributed by atoms with Gasteiger partial charge in [0.15, 0.2) is 0 Å². The van der Waals surface area contributed by atoms with Gasteiger partial charge in [-0.2, -0.15) is 5.26 Å². The van der Waals surface area contributed by atoms with E-state index >= 15 is 0 Å². The van der Waals surface area contributed by atoms with Gasteiger partial charge in [-0.25, -0.2) is 4.39 Å². The van der Waals surface area contributed by atoms with Crippen LogP contribution in [0.1, 0.15) is 33.2 Å². The highest BCUT2D eigenvalue weighted by molar-refractivity contribution is 5.98. The predicted octanol–water partition coefficient (Wildman–Crippen LogP) is 4.01. The standard InChI is InChI=1S/C24H23FN4O/c1-16-3-8-22-19(13-16)14-21(17(2)27-22)24(30)29-11-9-28(10-12-29)23(15-26)18-4-6-20(25)7-5-18/h3-8,13-14,23H,9-12H2,1-2H3/t23-/m0/s1. The highest BCUT2D eigenvalue weighted by Gasteiger charge is 2.28. The van der Waals surface area contributed by atoms with Crippen LogP contribution < -0.4 is 0 Å². The fourth-order valence-corrected chi connectivity index (χ4v) is 3.97. The van der Waals surface area contributed by atoms with E-state index in [1.807, 2.05) is 47.9 Å². The van der Waals surface area contributed by atoms with Crippen molar-refractivity contribution in [1.82, 2.24) is 14.8 Å². The molecule has 1 amide bonds. The first kappa shape index (κ1) is 20.0. The van der Waals surface area contributed by atoms with Gasteiger partial charge in [-0.05, 0) is 49.7 Å². The Kier molecular flexibility index (Phi) is 5.47. The lowest BCUT2D eigenvalue weighted by Gasteiger charge is -2.37. The number of hydrogen-bond donors (Lipinski definition) is 0. The van der Waals surface area contributed by atoms with Crippen molar-refractivity contribution in [2.24, 2.45) is 0 Å². The third-order valence-electron chi connectivity index (χ3n) is 5.67. The molecule has 0 bridgehead atoms. The van der Waals surface area contributed by atoms with Gasteiger partial charge >= 0.3 is 0 Å². The molecule has 6 heteroatoms. The zero-order valence-corrected chi connectivity index (χ0v) is 17.1. The van der Waals surface area contributed by atoms with Crippen molar-refractivity contribution in [2.45, 2.75) is 19.9 Å². The molecule has 0 unspecified atom stereocenters. The topological polar surface area (TPSA) is 60.2 Å². The number of halogens is 1. The molecule has 0 spiro atoms. The number of aromatic nitrogens is 1. The van der Waals surface area contributed by atoms with Crippen LogP contribution in [0.4, 0.5) is 4.39 Å². The van der Waals surface area contributed by atoms with Crippen molar-refractivity contribution in [3.63, 3.8) is 0 Å². The monoisotopic (exact) mass is 402 g/mol. The number of hydrogen-bond acceptors (Lipinski definition) is 4. The van der Waals surface area contributed by atoms with Crippen LogP contribution in [0.2, 0.25) is 0 Å². The molecule has 152 valence electrons. The van der Waals surface area contributed by atoms with Gasteiger partial charge in [0.2, 0.25) is 0 Å². The lowest BCUT2D eigenvalue weighted by atomic mass is 10.0. The Labute approximate surface area is 175 Å². The van der Waals surface area contributed by atoms with Crippen LogP contribution in [-0.4, -0.2) is 46.9 Å². The van der Waals surface area contributed by atoms with Gasteiger partial charge in [0.25, 0.3) is 5.91 Å². The number of amides is 1. The van der Waals surface area contributed by atoms with Gasteiger partial charge in [0, 0.05) is 31.6 Å². The second-order valence-corrected chi connectivity index (χ2v) is 7.73. The van der Waals surface area contributed by atoms with E-state index in [0.717, 1.165) is 27.7 Å². The summed E-state index contributed by atoms with van der Waals surface area (Å²) in [7, 11) is 0. The molecular weight excluding hydrogens is 379 g/mol. The molecule has 5 nitrogen and oxygen atoms in total. The Morgan fingerprint density at radius 1 is 1.07 bits per heavy atom. The molecule has 0 aliphatic carbocycles. The quantitative estimate of drug-likeness (QED) is 0.664. The van der Waals surface area contributed by atoms with E-state index in [1.54, 1.807) is 12.1 Å². The fourth-order valence-electron chi connectivity index (χ4n) is 3.97. The van der Waals surface area contributed by atoms with Crippen molar-refractivity contribution in [3.05, 3.63) is 76.7 Å². The van der Waals surface area contributed by atoms with Crippen molar-refractivity contribution in [2.75, 3.05) is 26.2 Å². The first-order valence-corrected chi connectivity index (χ1v) is 10.0. The van der Waals surface area contributed by atoms with Crippen molar-refractivity contribution in [1.29, 1.82) is 5.26 Å². The number of piperazine rings is 1. The lowest BCUT2D eigenvalue weighted by Crippen LogP contribution is -2.49. The van der Waals surface area contributed by atoms with E-state index in [4.69, 9.17) is 0 Å². The molecule has 2 aromatic carbocycles. The van der Waals surface area contributed by atoms with Gasteiger partial charge in [-0.1, -0.05) is 23.8 Å². The summed E-state index contributed by atoms with van der Waals surface area (Å²) in [5.74, 6) is -0.348. The van der Waals surface area contributed by atoms with E-state index in [-0.39, 0.29) is 11.7 Å². The van der Waals surface area contributed by atoms with E-state index in [2.05, 4.69) is 11.1 Å². The van der Waals surface area contributed by atoms with Gasteiger partial charge in [0.05, 0.1) is 22.8 Å². The SMILES string of the molecule is Cc1ccc2nc(C)c(C(=O)N3CCN([C@@H](C#N)c4ccc(F)cc4)CC3)cc2c1. The second kappa shape index (κ2) is 8.21. The van der Waals surface area contributed by atoms with Gasteiger partial charge in [-0.15, -0.1) is 0 Å². The summed E-state index contributed by atoms with van der Waals surface area (Å²) in [5.41, 5.74) is 4.12. The Bertz CT molecular complexity index is 1130. The summed E-state index contributed by atoms with van der Waals surface area (Å²) in [4.78, 5) is 21.6. The molecule has 1 aliphatic rings. The Hall–Kier alpha value is -3.30. The number of rotatable bonds is 3. The number of carbonyl (C=O) groups is 1. The number of benzene rings is 2. The fraction of sp³-hybridized carbons (Fsp3) is 0.292. The molecule has 1 saturated heterocycles. The lowest BCUT2D eigenvalue weighted by molar-refractivity contribution is 0.0605. The zero-order valence-electron chi connectivity index (χ0n) is 17.1. The maximum Gasteiger partial charge on any atom is 0.255 e. The van der Waals surface area contributed by atoms with Gasteiger partial charge in [-0.3, -0.25) is 14.7 Å². The van der Waals surface area contributed by atoms with Crippen LogP contribution in [0.5, 0.6) is 0 Å². The molecular formula is C24H23FN4O. The number of carbonyl (C=O) groups excluding carboxylic acids is 1. The number of pyridine rings is 1. The van der Waals surface area contributed by atoms with Crippen LogP contribution >= 0.6 is 0 Å². The average molecular weight is 402 g/mol. The minimum atomic E-state index is -0.449. The first-order chi connectivity index (χ1) is 14.5. The summed E-state index contributed by atoms with van der Waals surface area (Å²) in [6.45, 7) is 6.11.